The van der Waals surface area contributed by atoms with E-state index >= 15 is 0 Å². The monoisotopic (exact) mass is 349 g/mol. The molecule has 1 aromatic rings. The lowest BCUT2D eigenvalue weighted by Crippen LogP contribution is -2.41. The molecule has 2 rings (SSSR count). The third-order valence-electron chi connectivity index (χ3n) is 3.93. The molecule has 128 valence electrons. The Kier molecular flexibility index (Phi) is 5.57. The third kappa shape index (κ3) is 4.80. The Morgan fingerprint density at radius 1 is 1.33 bits per heavy atom. The van der Waals surface area contributed by atoms with Gasteiger partial charge in [-0.2, -0.15) is 5.26 Å². The van der Waals surface area contributed by atoms with Crippen molar-refractivity contribution in [2.75, 3.05) is 23.4 Å². The summed E-state index contributed by atoms with van der Waals surface area (Å²) in [6.07, 6.45) is 0.495. The number of amides is 2. The summed E-state index contributed by atoms with van der Waals surface area (Å²) >= 11 is 0. The van der Waals surface area contributed by atoms with Crippen molar-refractivity contribution in [1.29, 1.82) is 5.26 Å². The van der Waals surface area contributed by atoms with Crippen LogP contribution in [0.15, 0.2) is 24.3 Å². The Morgan fingerprint density at radius 3 is 2.50 bits per heavy atom. The summed E-state index contributed by atoms with van der Waals surface area (Å²) in [5.41, 5.74) is 1.06. The molecule has 1 N–H and O–H groups in total. The predicted molar refractivity (Wildman–Crippen MR) is 88.8 cm³/mol. The lowest BCUT2D eigenvalue weighted by molar-refractivity contribution is -0.131. The van der Waals surface area contributed by atoms with Crippen molar-refractivity contribution >= 4 is 27.3 Å². The average molecular weight is 349 g/mol. The molecule has 7 nitrogen and oxygen atoms in total. The Hall–Kier alpha value is -2.40. The molecule has 8 heteroatoms. The molecule has 1 heterocycles. The number of anilines is 1. The van der Waals surface area contributed by atoms with Crippen LogP contribution in [0.4, 0.5) is 5.69 Å². The molecule has 24 heavy (non-hydrogen) atoms. The van der Waals surface area contributed by atoms with E-state index in [1.807, 2.05) is 6.07 Å². The fraction of sp³-hybridized carbons (Fsp3) is 0.438. The maximum absolute atomic E-state index is 12.0. The van der Waals surface area contributed by atoms with Gasteiger partial charge in [0.15, 0.2) is 9.84 Å². The maximum Gasteiger partial charge on any atom is 0.226 e. The fourth-order valence-electron chi connectivity index (χ4n) is 2.69. The molecule has 0 spiro atoms. The van der Waals surface area contributed by atoms with Crippen molar-refractivity contribution in [2.45, 2.75) is 25.8 Å². The van der Waals surface area contributed by atoms with Gasteiger partial charge in [0.05, 0.1) is 23.1 Å². The largest absolute Gasteiger partial charge is 0.338 e. The van der Waals surface area contributed by atoms with Gasteiger partial charge in [-0.1, -0.05) is 0 Å². The van der Waals surface area contributed by atoms with Crippen LogP contribution in [0.3, 0.4) is 0 Å². The first kappa shape index (κ1) is 17.9. The Morgan fingerprint density at radius 2 is 2.00 bits per heavy atom. The van der Waals surface area contributed by atoms with Gasteiger partial charge < -0.3 is 10.2 Å². The second-order valence-corrected chi connectivity index (χ2v) is 7.99. The number of benzene rings is 1. The van der Waals surface area contributed by atoms with Gasteiger partial charge in [0.1, 0.15) is 0 Å². The minimum atomic E-state index is -3.09. The SMILES string of the molecule is CC(=O)N(CCC(=O)Nc1ccc(C#N)cc1)C1CCS(=O)(=O)C1. The first-order valence-corrected chi connectivity index (χ1v) is 9.40. The zero-order valence-corrected chi connectivity index (χ0v) is 14.2. The highest BCUT2D eigenvalue weighted by Gasteiger charge is 2.33. The minimum absolute atomic E-state index is 0.0379. The van der Waals surface area contributed by atoms with Crippen molar-refractivity contribution in [3.8, 4) is 6.07 Å². The van der Waals surface area contributed by atoms with E-state index in [0.29, 0.717) is 17.7 Å². The number of nitriles is 1. The molecule has 2 amide bonds. The van der Waals surface area contributed by atoms with Crippen LogP contribution in [0.2, 0.25) is 0 Å². The molecule has 1 fully saturated rings. The van der Waals surface area contributed by atoms with Crippen molar-refractivity contribution in [3.05, 3.63) is 29.8 Å². The zero-order chi connectivity index (χ0) is 17.7. The van der Waals surface area contributed by atoms with Gasteiger partial charge >= 0.3 is 0 Å². The predicted octanol–water partition coefficient (Wildman–Crippen LogP) is 0.922. The van der Waals surface area contributed by atoms with E-state index in [4.69, 9.17) is 5.26 Å². The van der Waals surface area contributed by atoms with E-state index in [2.05, 4.69) is 5.32 Å². The number of hydrogen-bond acceptors (Lipinski definition) is 5. The lowest BCUT2D eigenvalue weighted by Gasteiger charge is -2.26. The number of hydrogen-bond donors (Lipinski definition) is 1. The minimum Gasteiger partial charge on any atom is -0.338 e. The fourth-order valence-corrected chi connectivity index (χ4v) is 4.42. The third-order valence-corrected chi connectivity index (χ3v) is 5.68. The summed E-state index contributed by atoms with van der Waals surface area (Å²) in [4.78, 5) is 25.2. The van der Waals surface area contributed by atoms with Crippen LogP contribution >= 0.6 is 0 Å². The second kappa shape index (κ2) is 7.45. The van der Waals surface area contributed by atoms with Crippen molar-refractivity contribution in [2.24, 2.45) is 0 Å². The molecule has 0 radical (unpaired) electrons. The van der Waals surface area contributed by atoms with Crippen molar-refractivity contribution in [3.63, 3.8) is 0 Å². The van der Waals surface area contributed by atoms with E-state index in [0.717, 1.165) is 0 Å². The average Bonchev–Trinajstić information content (AvgIpc) is 2.87. The molecule has 1 aliphatic heterocycles. The summed E-state index contributed by atoms with van der Waals surface area (Å²) < 4.78 is 23.1. The van der Waals surface area contributed by atoms with Gasteiger partial charge in [0, 0.05) is 31.6 Å². The number of carbonyl (C=O) groups is 2. The molecule has 1 saturated heterocycles. The quantitative estimate of drug-likeness (QED) is 0.850. The maximum atomic E-state index is 12.0. The standard InChI is InChI=1S/C16H19N3O4S/c1-12(20)19(15-7-9-24(22,23)11-15)8-6-16(21)18-14-4-2-13(10-17)3-5-14/h2-5,15H,6-9,11H2,1H3,(H,18,21). The Labute approximate surface area is 141 Å². The van der Waals surface area contributed by atoms with E-state index in [1.54, 1.807) is 24.3 Å². The molecular formula is C16H19N3O4S. The first-order valence-electron chi connectivity index (χ1n) is 7.58. The van der Waals surface area contributed by atoms with Crippen LogP contribution in [0.1, 0.15) is 25.3 Å². The van der Waals surface area contributed by atoms with Crippen LogP contribution in [-0.4, -0.2) is 49.2 Å². The van der Waals surface area contributed by atoms with E-state index in [9.17, 15) is 18.0 Å². The summed E-state index contributed by atoms with van der Waals surface area (Å²) in [7, 11) is -3.09. The highest BCUT2D eigenvalue weighted by molar-refractivity contribution is 7.91. The van der Waals surface area contributed by atoms with Crippen LogP contribution in [0.25, 0.3) is 0 Å². The molecule has 1 aromatic carbocycles. The van der Waals surface area contributed by atoms with Gasteiger partial charge in [-0.3, -0.25) is 9.59 Å². The van der Waals surface area contributed by atoms with Crippen LogP contribution in [0, 0.1) is 11.3 Å². The number of rotatable bonds is 5. The summed E-state index contributed by atoms with van der Waals surface area (Å²) in [6.45, 7) is 1.56. The molecule has 0 saturated carbocycles. The number of sulfone groups is 1. The number of nitrogens with one attached hydrogen (secondary N) is 1. The molecule has 1 unspecified atom stereocenters. The van der Waals surface area contributed by atoms with Crippen molar-refractivity contribution < 1.29 is 18.0 Å². The van der Waals surface area contributed by atoms with Gasteiger partial charge in [0.2, 0.25) is 11.8 Å². The summed E-state index contributed by atoms with van der Waals surface area (Å²) in [5, 5.41) is 11.4. The number of carbonyl (C=O) groups excluding carboxylic acids is 2. The normalized spacial score (nSPS) is 18.6. The lowest BCUT2D eigenvalue weighted by atomic mass is 10.2. The molecule has 0 aromatic heterocycles. The molecule has 0 aliphatic carbocycles. The van der Waals surface area contributed by atoms with Gasteiger partial charge in [-0.15, -0.1) is 0 Å². The Balaban J connectivity index is 1.90. The summed E-state index contributed by atoms with van der Waals surface area (Å²) in [6, 6.07) is 8.09. The van der Waals surface area contributed by atoms with Crippen LogP contribution in [0.5, 0.6) is 0 Å². The van der Waals surface area contributed by atoms with Crippen LogP contribution in [-0.2, 0) is 19.4 Å². The molecule has 1 aliphatic rings. The van der Waals surface area contributed by atoms with Gasteiger partial charge in [0.25, 0.3) is 0 Å². The number of nitrogens with zero attached hydrogens (tertiary/aromatic N) is 2. The molecule has 1 atom stereocenters. The zero-order valence-electron chi connectivity index (χ0n) is 13.4. The van der Waals surface area contributed by atoms with Gasteiger partial charge in [-0.25, -0.2) is 8.42 Å². The summed E-state index contributed by atoms with van der Waals surface area (Å²) in [5.74, 6) is -0.460. The van der Waals surface area contributed by atoms with Gasteiger partial charge in [-0.05, 0) is 30.7 Å². The van der Waals surface area contributed by atoms with E-state index < -0.39 is 9.84 Å². The Bertz CT molecular complexity index is 766. The molecular weight excluding hydrogens is 330 g/mol. The topological polar surface area (TPSA) is 107 Å². The molecule has 0 bridgehead atoms. The smallest absolute Gasteiger partial charge is 0.226 e. The van der Waals surface area contributed by atoms with Crippen molar-refractivity contribution in [1.82, 2.24) is 4.90 Å². The van der Waals surface area contributed by atoms with E-state index in [1.165, 1.54) is 11.8 Å². The first-order chi connectivity index (χ1) is 11.3. The highest BCUT2D eigenvalue weighted by Crippen LogP contribution is 2.18. The van der Waals surface area contributed by atoms with E-state index in [-0.39, 0.29) is 42.3 Å². The highest BCUT2D eigenvalue weighted by atomic mass is 32.2. The second-order valence-electron chi connectivity index (χ2n) is 5.76. The van der Waals surface area contributed by atoms with Crippen LogP contribution < -0.4 is 5.32 Å².